The van der Waals surface area contributed by atoms with E-state index in [1.807, 2.05) is 0 Å². The molecule has 5 heteroatoms. The first-order chi connectivity index (χ1) is 8.41. The zero-order valence-corrected chi connectivity index (χ0v) is 11.0. The van der Waals surface area contributed by atoms with Crippen molar-refractivity contribution in [3.8, 4) is 0 Å². The number of nitrogens with one attached hydrogen (secondary N) is 1. The molecule has 0 aromatic heterocycles. The zero-order chi connectivity index (χ0) is 13.8. The first kappa shape index (κ1) is 14.6. The van der Waals surface area contributed by atoms with E-state index >= 15 is 0 Å². The third-order valence-corrected chi connectivity index (χ3v) is 3.50. The van der Waals surface area contributed by atoms with Crippen LogP contribution >= 0.6 is 0 Å². The highest BCUT2D eigenvalue weighted by Crippen LogP contribution is 2.21. The van der Waals surface area contributed by atoms with Gasteiger partial charge in [-0.25, -0.2) is 4.39 Å². The van der Waals surface area contributed by atoms with Crippen LogP contribution in [0.4, 0.5) is 10.1 Å². The number of nitro benzene ring substituents is 1. The average Bonchev–Trinajstić information content (AvgIpc) is 2.35. The van der Waals surface area contributed by atoms with Crippen molar-refractivity contribution in [1.29, 1.82) is 0 Å². The largest absolute Gasteiger partial charge is 0.307 e. The molecule has 0 atom stereocenters. The Morgan fingerprint density at radius 2 is 2.00 bits per heavy atom. The second-order valence-corrected chi connectivity index (χ2v) is 4.65. The van der Waals surface area contributed by atoms with Crippen LogP contribution < -0.4 is 5.32 Å². The molecule has 0 aliphatic rings. The van der Waals surface area contributed by atoms with Crippen molar-refractivity contribution in [1.82, 2.24) is 5.32 Å². The molecule has 18 heavy (non-hydrogen) atoms. The molecule has 0 aliphatic carbocycles. The Kier molecular flexibility index (Phi) is 4.78. The normalized spacial score (nSPS) is 11.6. The van der Waals surface area contributed by atoms with Gasteiger partial charge in [0.25, 0.3) is 5.69 Å². The number of hydrogen-bond acceptors (Lipinski definition) is 3. The molecule has 1 aromatic rings. The summed E-state index contributed by atoms with van der Waals surface area (Å²) in [6, 6.07) is 3.54. The first-order valence-corrected chi connectivity index (χ1v) is 6.09. The lowest BCUT2D eigenvalue weighted by Gasteiger charge is -2.28. The molecule has 0 aliphatic heterocycles. The molecule has 0 radical (unpaired) electrons. The lowest BCUT2D eigenvalue weighted by atomic mass is 9.95. The quantitative estimate of drug-likeness (QED) is 0.625. The third kappa shape index (κ3) is 3.50. The SMILES string of the molecule is CCC(C)(CC)NCc1cc(F)ccc1[N+](=O)[O-]. The molecule has 0 saturated heterocycles. The Hall–Kier alpha value is -1.49. The van der Waals surface area contributed by atoms with Crippen LogP contribution in [0, 0.1) is 15.9 Å². The highest BCUT2D eigenvalue weighted by atomic mass is 19.1. The predicted molar refractivity (Wildman–Crippen MR) is 68.9 cm³/mol. The summed E-state index contributed by atoms with van der Waals surface area (Å²) < 4.78 is 13.1. The van der Waals surface area contributed by atoms with Gasteiger partial charge in [-0.2, -0.15) is 0 Å². The second-order valence-electron chi connectivity index (χ2n) is 4.65. The summed E-state index contributed by atoms with van der Waals surface area (Å²) in [6.45, 7) is 6.46. The smallest absolute Gasteiger partial charge is 0.274 e. The minimum absolute atomic E-state index is 0.0431. The van der Waals surface area contributed by atoms with Crippen molar-refractivity contribution in [3.05, 3.63) is 39.7 Å². The Morgan fingerprint density at radius 3 is 2.50 bits per heavy atom. The molecule has 0 bridgehead atoms. The third-order valence-electron chi connectivity index (χ3n) is 3.50. The van der Waals surface area contributed by atoms with Gasteiger partial charge < -0.3 is 5.32 Å². The van der Waals surface area contributed by atoms with Crippen LogP contribution in [0.5, 0.6) is 0 Å². The molecule has 0 unspecified atom stereocenters. The molecule has 1 aromatic carbocycles. The van der Waals surface area contributed by atoms with Gasteiger partial charge in [0.15, 0.2) is 0 Å². The average molecular weight is 254 g/mol. The van der Waals surface area contributed by atoms with E-state index in [2.05, 4.69) is 26.1 Å². The van der Waals surface area contributed by atoms with Gasteiger partial charge in [0.05, 0.1) is 4.92 Å². The summed E-state index contributed by atoms with van der Waals surface area (Å²) >= 11 is 0. The van der Waals surface area contributed by atoms with Gasteiger partial charge in [-0.1, -0.05) is 13.8 Å². The summed E-state index contributed by atoms with van der Waals surface area (Å²) in [6.07, 6.45) is 1.82. The van der Waals surface area contributed by atoms with E-state index in [4.69, 9.17) is 0 Å². The summed E-state index contributed by atoms with van der Waals surface area (Å²) in [5, 5.41) is 14.1. The summed E-state index contributed by atoms with van der Waals surface area (Å²) in [4.78, 5) is 10.4. The van der Waals surface area contributed by atoms with Crippen molar-refractivity contribution in [2.45, 2.75) is 45.7 Å². The first-order valence-electron chi connectivity index (χ1n) is 6.09. The number of rotatable bonds is 6. The minimum atomic E-state index is -0.480. The van der Waals surface area contributed by atoms with Crippen LogP contribution in [0.1, 0.15) is 39.2 Å². The van der Waals surface area contributed by atoms with Gasteiger partial charge in [0, 0.05) is 23.7 Å². The maximum atomic E-state index is 13.1. The van der Waals surface area contributed by atoms with Crippen LogP contribution in [0.25, 0.3) is 0 Å². The monoisotopic (exact) mass is 254 g/mol. The Labute approximate surface area is 106 Å². The molecule has 0 saturated carbocycles. The van der Waals surface area contributed by atoms with E-state index in [1.54, 1.807) is 0 Å². The minimum Gasteiger partial charge on any atom is -0.307 e. The summed E-state index contributed by atoms with van der Waals surface area (Å²) in [7, 11) is 0. The zero-order valence-electron chi connectivity index (χ0n) is 11.0. The molecule has 0 fully saturated rings. The van der Waals surface area contributed by atoms with Crippen molar-refractivity contribution in [3.63, 3.8) is 0 Å². The second kappa shape index (κ2) is 5.91. The maximum absolute atomic E-state index is 13.1. The van der Waals surface area contributed by atoms with Gasteiger partial charge >= 0.3 is 0 Å². The van der Waals surface area contributed by atoms with Crippen molar-refractivity contribution in [2.24, 2.45) is 0 Å². The van der Waals surface area contributed by atoms with Crippen molar-refractivity contribution >= 4 is 5.69 Å². The maximum Gasteiger partial charge on any atom is 0.274 e. The van der Waals surface area contributed by atoms with Crippen molar-refractivity contribution < 1.29 is 9.31 Å². The van der Waals surface area contributed by atoms with Crippen LogP contribution in [-0.4, -0.2) is 10.5 Å². The van der Waals surface area contributed by atoms with Gasteiger partial charge in [-0.05, 0) is 31.9 Å². The van der Waals surface area contributed by atoms with Gasteiger partial charge in [0.1, 0.15) is 5.82 Å². The topological polar surface area (TPSA) is 55.2 Å². The number of hydrogen-bond donors (Lipinski definition) is 1. The molecule has 1 N–H and O–H groups in total. The lowest BCUT2D eigenvalue weighted by Crippen LogP contribution is -2.40. The van der Waals surface area contributed by atoms with Crippen LogP contribution in [0.3, 0.4) is 0 Å². The van der Waals surface area contributed by atoms with Gasteiger partial charge in [-0.3, -0.25) is 10.1 Å². The predicted octanol–water partition coefficient (Wildman–Crippen LogP) is 3.40. The summed E-state index contributed by atoms with van der Waals surface area (Å²) in [5.74, 6) is -0.452. The van der Waals surface area contributed by atoms with E-state index < -0.39 is 10.7 Å². The Morgan fingerprint density at radius 1 is 1.39 bits per heavy atom. The highest BCUT2D eigenvalue weighted by molar-refractivity contribution is 5.40. The van der Waals surface area contributed by atoms with E-state index in [0.29, 0.717) is 12.1 Å². The van der Waals surface area contributed by atoms with E-state index in [0.717, 1.165) is 18.9 Å². The number of nitro groups is 1. The Balaban J connectivity index is 2.90. The fraction of sp³-hybridized carbons (Fsp3) is 0.538. The van der Waals surface area contributed by atoms with Gasteiger partial charge in [0.2, 0.25) is 0 Å². The summed E-state index contributed by atoms with van der Waals surface area (Å²) in [5.41, 5.74) is 0.256. The van der Waals surface area contributed by atoms with E-state index in [9.17, 15) is 14.5 Å². The molecule has 4 nitrogen and oxygen atoms in total. The molecular formula is C13H19FN2O2. The fourth-order valence-corrected chi connectivity index (χ4v) is 1.68. The molecular weight excluding hydrogens is 235 g/mol. The molecule has 0 amide bonds. The van der Waals surface area contributed by atoms with E-state index in [1.165, 1.54) is 12.1 Å². The Bertz CT molecular complexity index is 431. The number of benzene rings is 1. The molecule has 0 heterocycles. The van der Waals surface area contributed by atoms with E-state index in [-0.39, 0.29) is 11.2 Å². The van der Waals surface area contributed by atoms with Crippen molar-refractivity contribution in [2.75, 3.05) is 0 Å². The molecule has 100 valence electrons. The standard InChI is InChI=1S/C13H19FN2O2/c1-4-13(3,5-2)15-9-10-8-11(14)6-7-12(10)16(17)18/h6-8,15H,4-5,9H2,1-3H3. The fourth-order valence-electron chi connectivity index (χ4n) is 1.68. The van der Waals surface area contributed by atoms with Gasteiger partial charge in [-0.15, -0.1) is 0 Å². The molecule has 0 spiro atoms. The molecule has 1 rings (SSSR count). The van der Waals surface area contributed by atoms with Crippen LogP contribution in [-0.2, 0) is 6.54 Å². The number of halogens is 1. The van der Waals surface area contributed by atoms with Crippen LogP contribution in [0.15, 0.2) is 18.2 Å². The lowest BCUT2D eigenvalue weighted by molar-refractivity contribution is -0.385. The van der Waals surface area contributed by atoms with Crippen LogP contribution in [0.2, 0.25) is 0 Å². The highest BCUT2D eigenvalue weighted by Gasteiger charge is 2.21. The number of nitrogens with zero attached hydrogens (tertiary/aromatic N) is 1.